The zero-order chi connectivity index (χ0) is 55.9. The van der Waals surface area contributed by atoms with Crippen LogP contribution in [0.25, 0.3) is 0 Å². The average molecular weight is 1120 g/mol. The third-order valence-corrected chi connectivity index (χ3v) is 16.2. The molecule has 436 valence electrons. The van der Waals surface area contributed by atoms with E-state index in [0.29, 0.717) is 19.3 Å². The number of aliphatic hydroxyl groups excluding tert-OH is 4. The first kappa shape index (κ1) is 67.1. The number of cyclic esters (lactones) is 1. The molecule has 2 unspecified atom stereocenters. The minimum Gasteiger partial charge on any atom is -0.462 e. The molecular formula is C53H91N3O18P2. The second-order valence-electron chi connectivity index (χ2n) is 20.7. The van der Waals surface area contributed by atoms with Crippen LogP contribution >= 0.6 is 15.6 Å². The highest BCUT2D eigenvalue weighted by Gasteiger charge is 2.45. The number of hydrogen-bond donors (Lipinski definition) is 7. The highest BCUT2D eigenvalue weighted by Crippen LogP contribution is 2.60. The second kappa shape index (κ2) is 36.9. The molecule has 1 fully saturated rings. The van der Waals surface area contributed by atoms with Crippen molar-refractivity contribution in [1.29, 1.82) is 0 Å². The van der Waals surface area contributed by atoms with Crippen LogP contribution in [0, 0.1) is 17.8 Å². The number of aliphatic hydroxyl groups is 4. The summed E-state index contributed by atoms with van der Waals surface area (Å²) in [5.41, 5.74) is 4.73. The van der Waals surface area contributed by atoms with Crippen molar-refractivity contribution in [2.45, 2.75) is 231 Å². The van der Waals surface area contributed by atoms with Crippen molar-refractivity contribution in [3.63, 3.8) is 0 Å². The topological polar surface area (TPSA) is 323 Å². The van der Waals surface area contributed by atoms with Gasteiger partial charge in [-0.05, 0) is 44.1 Å². The number of nitrogens with two attached hydrogens (primary N) is 1. The van der Waals surface area contributed by atoms with Crippen molar-refractivity contribution in [3.8, 4) is 0 Å². The number of phosphoric acid groups is 2. The first-order chi connectivity index (χ1) is 36.2. The Morgan fingerprint density at radius 2 is 1.43 bits per heavy atom. The lowest BCUT2D eigenvalue weighted by molar-refractivity contribution is -0.183. The Morgan fingerprint density at radius 1 is 0.842 bits per heavy atom. The molecule has 23 heteroatoms. The van der Waals surface area contributed by atoms with E-state index in [2.05, 4.69) is 23.1 Å². The number of carbonyl (C=O) groups excluding carboxylic acids is 3. The molecule has 21 nitrogen and oxygen atoms in total. The molecule has 2 bridgehead atoms. The number of carbonyl (C=O) groups is 3. The second-order valence-corrected chi connectivity index (χ2v) is 23.7. The average Bonchev–Trinajstić information content (AvgIpc) is 3.35. The number of fused-ring (bicyclic) bond motifs is 3. The lowest BCUT2D eigenvalue weighted by Crippen LogP contribution is -2.51. The van der Waals surface area contributed by atoms with Gasteiger partial charge in [-0.2, -0.15) is 9.29 Å². The van der Waals surface area contributed by atoms with Gasteiger partial charge in [0.25, 0.3) is 0 Å². The smallest absolute Gasteiger partial charge is 0.462 e. The maximum atomic E-state index is 14.3. The number of unbranched alkanes of at least 4 members (excludes halogenated alkanes) is 16. The van der Waals surface area contributed by atoms with Crippen LogP contribution in [-0.4, -0.2) is 114 Å². The minimum absolute atomic E-state index is 0.0790. The van der Waals surface area contributed by atoms with Gasteiger partial charge in [-0.3, -0.25) is 28.0 Å². The van der Waals surface area contributed by atoms with E-state index in [4.69, 9.17) is 29.0 Å². The van der Waals surface area contributed by atoms with E-state index in [1.807, 2.05) is 6.92 Å². The molecule has 76 heavy (non-hydrogen) atoms. The quantitative estimate of drug-likeness (QED) is 0.0187. The number of nitrogen functional groups attached to an aromatic ring is 1. The van der Waals surface area contributed by atoms with Crippen LogP contribution in [0.5, 0.6) is 0 Å². The van der Waals surface area contributed by atoms with E-state index in [-0.39, 0.29) is 37.9 Å². The van der Waals surface area contributed by atoms with Crippen LogP contribution in [-0.2, 0) is 51.1 Å². The number of rotatable bonds is 27. The van der Waals surface area contributed by atoms with Crippen molar-refractivity contribution < 1.29 is 81.3 Å². The van der Waals surface area contributed by atoms with Gasteiger partial charge in [-0.15, -0.1) is 0 Å². The molecule has 0 amide bonds. The van der Waals surface area contributed by atoms with Crippen molar-refractivity contribution in [3.05, 3.63) is 47.1 Å². The van der Waals surface area contributed by atoms with Gasteiger partial charge >= 0.3 is 33.3 Å². The highest BCUT2D eigenvalue weighted by molar-refractivity contribution is 7.61. The van der Waals surface area contributed by atoms with Gasteiger partial charge in [0.1, 0.15) is 36.6 Å². The summed E-state index contributed by atoms with van der Waals surface area (Å²) in [4.78, 5) is 78.4. The highest BCUT2D eigenvalue weighted by atomic mass is 31.3. The monoisotopic (exact) mass is 1120 g/mol. The SMILES string of the molecule is CCCCC[C@H](O)C=C[C@@H]1[C@H](O)[C@H](O)[C@H]2COP(=O)(O)OP(=O)(O)OC[C@@H](COC(=O)CCCCCCCCCCCCCCCCCC(C)C)OC(=O)CCCC=CC[C@@H](C(=O)C[C@H]1O)[C@H](n1ccc(N)nc1=O)O2. The fourth-order valence-corrected chi connectivity index (χ4v) is 11.2. The van der Waals surface area contributed by atoms with Gasteiger partial charge < -0.3 is 50.2 Å². The molecule has 1 aromatic rings. The number of nitrogens with zero attached hydrogens (tertiary/aromatic N) is 2. The van der Waals surface area contributed by atoms with Crippen molar-refractivity contribution in [2.24, 2.45) is 17.8 Å². The first-order valence-electron chi connectivity index (χ1n) is 27.8. The Bertz CT molecular complexity index is 2060. The van der Waals surface area contributed by atoms with Gasteiger partial charge in [-0.25, -0.2) is 13.9 Å². The number of aromatic nitrogens is 2. The van der Waals surface area contributed by atoms with E-state index < -0.39 is 120 Å². The van der Waals surface area contributed by atoms with Gasteiger partial charge in [0.05, 0.1) is 37.4 Å². The van der Waals surface area contributed by atoms with Crippen molar-refractivity contribution in [2.75, 3.05) is 25.6 Å². The fraction of sp³-hybridized carbons (Fsp3) is 0.792. The Labute approximate surface area is 449 Å². The third kappa shape index (κ3) is 27.6. The van der Waals surface area contributed by atoms with Crippen LogP contribution in [0.3, 0.4) is 0 Å². The molecule has 1 saturated heterocycles. The number of esters is 2. The van der Waals surface area contributed by atoms with Crippen molar-refractivity contribution >= 4 is 39.2 Å². The number of hydrogen-bond acceptors (Lipinski definition) is 18. The van der Waals surface area contributed by atoms with E-state index in [1.54, 1.807) is 12.2 Å². The molecular weight excluding hydrogens is 1030 g/mol. The molecule has 8 N–H and O–H groups in total. The molecule has 3 rings (SSSR count). The third-order valence-electron chi connectivity index (χ3n) is 13.6. The van der Waals surface area contributed by atoms with Crippen LogP contribution in [0.15, 0.2) is 41.4 Å². The summed E-state index contributed by atoms with van der Waals surface area (Å²) in [7, 11) is -11.3. The zero-order valence-corrected chi connectivity index (χ0v) is 47.0. The summed E-state index contributed by atoms with van der Waals surface area (Å²) < 4.78 is 58.9. The zero-order valence-electron chi connectivity index (χ0n) is 45.2. The van der Waals surface area contributed by atoms with E-state index in [9.17, 15) is 58.5 Å². The lowest BCUT2D eigenvalue weighted by Gasteiger charge is -2.38. The fourth-order valence-electron chi connectivity index (χ4n) is 9.13. The van der Waals surface area contributed by atoms with Crippen LogP contribution < -0.4 is 11.4 Å². The summed E-state index contributed by atoms with van der Waals surface area (Å²) >= 11 is 0. The summed E-state index contributed by atoms with van der Waals surface area (Å²) in [6.45, 7) is 3.80. The van der Waals surface area contributed by atoms with E-state index in [0.717, 1.165) is 55.2 Å². The molecule has 2 aliphatic rings. The Hall–Kier alpha value is -3.17. The summed E-state index contributed by atoms with van der Waals surface area (Å²) in [6.07, 6.45) is 15.9. The Balaban J connectivity index is 1.69. The number of ether oxygens (including phenoxy) is 3. The minimum atomic E-state index is -5.72. The van der Waals surface area contributed by atoms with Gasteiger partial charge in [0.2, 0.25) is 0 Å². The van der Waals surface area contributed by atoms with Crippen LogP contribution in [0.2, 0.25) is 0 Å². The number of anilines is 1. The van der Waals surface area contributed by atoms with E-state index in [1.165, 1.54) is 88.8 Å². The summed E-state index contributed by atoms with van der Waals surface area (Å²) in [5, 5.41) is 45.5. The maximum Gasteiger partial charge on any atom is 0.481 e. The molecule has 2 aliphatic heterocycles. The largest absolute Gasteiger partial charge is 0.481 e. The van der Waals surface area contributed by atoms with Crippen LogP contribution in [0.1, 0.15) is 194 Å². The Morgan fingerprint density at radius 3 is 2.04 bits per heavy atom. The van der Waals surface area contributed by atoms with Gasteiger partial charge in [0.15, 0.2) is 6.10 Å². The predicted octanol–water partition coefficient (Wildman–Crippen LogP) is 8.62. The van der Waals surface area contributed by atoms with E-state index >= 15 is 0 Å². The molecule has 11 atom stereocenters. The molecule has 0 saturated carbocycles. The molecule has 0 aliphatic carbocycles. The number of phosphoric ester groups is 2. The molecule has 0 aromatic carbocycles. The van der Waals surface area contributed by atoms with Crippen LogP contribution in [0.4, 0.5) is 5.82 Å². The summed E-state index contributed by atoms with van der Waals surface area (Å²) in [5.74, 6) is -4.32. The molecule has 1 aromatic heterocycles. The van der Waals surface area contributed by atoms with Gasteiger partial charge in [-0.1, -0.05) is 161 Å². The first-order valence-corrected chi connectivity index (χ1v) is 30.8. The predicted molar refractivity (Wildman–Crippen MR) is 285 cm³/mol. The molecule has 0 radical (unpaired) electrons. The number of allylic oxidation sites excluding steroid dienone is 2. The van der Waals surface area contributed by atoms with Crippen molar-refractivity contribution in [1.82, 2.24) is 9.55 Å². The number of Topliss-reactive ketones (excluding diaryl/α,β-unsaturated/α-hetero) is 1. The Kier molecular flexibility index (Phi) is 32.6. The molecule has 0 spiro atoms. The normalized spacial score (nSPS) is 28.3. The lowest BCUT2D eigenvalue weighted by atomic mass is 9.83. The number of ketones is 1. The summed E-state index contributed by atoms with van der Waals surface area (Å²) in [6, 6.07) is 1.22. The maximum absolute atomic E-state index is 14.3. The van der Waals surface area contributed by atoms with Gasteiger partial charge in [0, 0.05) is 31.4 Å². The molecule has 3 heterocycles. The standard InChI is InChI=1S/C53H91N3O18P2/c1-4-5-21-27-40(57)31-32-42-44(58)35-45(59)43-28-23-19-20-25-30-49(61)72-41(36-69-48(60)29-24-18-16-14-12-10-8-6-7-9-11-13-15-17-22-26-39(2)3)37-70-75(65,66)74-76(67,68)71-38-46(51(63)50(42)62)73-52(43)56-34-33-47(54)55-53(56)64/h19,23,31-34,39-44,46,50-52,57-58,62-63H,4-18,20-22,24-30,35-38H2,1-3H3,(H,65,66)(H,67,68)(H2,54,55,64)/t40-,41+,42-,43-,44+,46+,50-,51+,52+/m0/s1.